The van der Waals surface area contributed by atoms with Gasteiger partial charge in [-0.2, -0.15) is 0 Å². The molecule has 1 atom stereocenters. The quantitative estimate of drug-likeness (QED) is 0.769. The van der Waals surface area contributed by atoms with Gasteiger partial charge in [-0.3, -0.25) is 4.79 Å². The van der Waals surface area contributed by atoms with Gasteiger partial charge in [-0.05, 0) is 43.2 Å². The van der Waals surface area contributed by atoms with Gasteiger partial charge in [0.1, 0.15) is 5.75 Å². The molecular weight excluding hydrogens is 342 g/mol. The van der Waals surface area contributed by atoms with E-state index in [0.29, 0.717) is 17.3 Å². The number of halogens is 1. The predicted octanol–water partition coefficient (Wildman–Crippen LogP) is 3.24. The number of amides is 1. The van der Waals surface area contributed by atoms with Crippen LogP contribution in [0.5, 0.6) is 5.75 Å². The van der Waals surface area contributed by atoms with Crippen LogP contribution in [0.2, 0.25) is 5.02 Å². The number of rotatable bonds is 5. The maximum Gasteiger partial charge on any atom is 0.344 e. The number of para-hydroxylation sites is 1. The number of anilines is 1. The minimum Gasteiger partial charge on any atom is -0.482 e. The number of carbonyl (C=O) groups is 2. The summed E-state index contributed by atoms with van der Waals surface area (Å²) in [4.78, 5) is 26.1. The Kier molecular flexibility index (Phi) is 5.24. The summed E-state index contributed by atoms with van der Waals surface area (Å²) in [5, 5.41) is 0.516. The van der Waals surface area contributed by atoms with Gasteiger partial charge in [-0.25, -0.2) is 4.79 Å². The van der Waals surface area contributed by atoms with E-state index in [1.165, 1.54) is 0 Å². The van der Waals surface area contributed by atoms with E-state index in [2.05, 4.69) is 0 Å². The van der Waals surface area contributed by atoms with Gasteiger partial charge in [-0.1, -0.05) is 35.9 Å². The minimum atomic E-state index is -0.874. The Hall–Kier alpha value is -2.53. The zero-order valence-corrected chi connectivity index (χ0v) is 14.5. The Bertz CT molecular complexity index is 792. The van der Waals surface area contributed by atoms with Gasteiger partial charge in [0.2, 0.25) is 0 Å². The second-order valence-electron chi connectivity index (χ2n) is 5.75. The summed E-state index contributed by atoms with van der Waals surface area (Å²) in [5.74, 6) is -0.369. The zero-order valence-electron chi connectivity index (χ0n) is 13.8. The topological polar surface area (TPSA) is 55.8 Å². The summed E-state index contributed by atoms with van der Waals surface area (Å²) in [6, 6.07) is 14.5. The molecule has 0 radical (unpaired) electrons. The summed E-state index contributed by atoms with van der Waals surface area (Å²) < 4.78 is 10.5. The lowest BCUT2D eigenvalue weighted by atomic mass is 10.2. The molecule has 130 valence electrons. The van der Waals surface area contributed by atoms with Gasteiger partial charge in [0.15, 0.2) is 12.7 Å². The number of hydrogen-bond acceptors (Lipinski definition) is 4. The first-order valence-corrected chi connectivity index (χ1v) is 8.39. The fourth-order valence-electron chi connectivity index (χ4n) is 2.77. The molecule has 0 saturated carbocycles. The van der Waals surface area contributed by atoms with Gasteiger partial charge < -0.3 is 14.4 Å². The molecule has 0 bridgehead atoms. The van der Waals surface area contributed by atoms with Crippen LogP contribution in [0.15, 0.2) is 48.5 Å². The molecule has 2 aromatic rings. The largest absolute Gasteiger partial charge is 0.482 e. The number of fused-ring (bicyclic) bond motifs is 1. The van der Waals surface area contributed by atoms with Crippen molar-refractivity contribution in [2.75, 3.05) is 18.1 Å². The minimum absolute atomic E-state index is 0.235. The van der Waals surface area contributed by atoms with Crippen LogP contribution in [0.4, 0.5) is 5.69 Å². The molecule has 1 amide bonds. The van der Waals surface area contributed by atoms with Gasteiger partial charge in [0.05, 0.1) is 0 Å². The monoisotopic (exact) mass is 359 g/mol. The van der Waals surface area contributed by atoms with Crippen molar-refractivity contribution in [1.29, 1.82) is 0 Å². The van der Waals surface area contributed by atoms with E-state index in [0.717, 1.165) is 17.7 Å². The first kappa shape index (κ1) is 17.3. The van der Waals surface area contributed by atoms with Crippen LogP contribution >= 0.6 is 11.6 Å². The van der Waals surface area contributed by atoms with Crippen LogP contribution in [-0.4, -0.2) is 31.1 Å². The molecule has 25 heavy (non-hydrogen) atoms. The Morgan fingerprint density at radius 1 is 1.20 bits per heavy atom. The molecule has 5 nitrogen and oxygen atoms in total. The highest BCUT2D eigenvalue weighted by atomic mass is 35.5. The highest BCUT2D eigenvalue weighted by Gasteiger charge is 2.29. The number of nitrogens with zero attached hydrogens (tertiary/aromatic N) is 1. The lowest BCUT2D eigenvalue weighted by Crippen LogP contribution is -2.39. The highest BCUT2D eigenvalue weighted by molar-refractivity contribution is 6.30. The molecule has 6 heteroatoms. The van der Waals surface area contributed by atoms with Crippen molar-refractivity contribution < 1.29 is 19.1 Å². The zero-order chi connectivity index (χ0) is 17.8. The second kappa shape index (κ2) is 7.57. The molecule has 0 aliphatic carbocycles. The Labute approximate surface area is 151 Å². The third-order valence-electron chi connectivity index (χ3n) is 3.96. The molecule has 1 aliphatic rings. The van der Waals surface area contributed by atoms with Gasteiger partial charge >= 0.3 is 5.97 Å². The first-order valence-electron chi connectivity index (χ1n) is 8.02. The van der Waals surface area contributed by atoms with Crippen molar-refractivity contribution in [2.24, 2.45) is 0 Å². The second-order valence-corrected chi connectivity index (χ2v) is 6.18. The van der Waals surface area contributed by atoms with Crippen LogP contribution < -0.4 is 9.64 Å². The maximum atomic E-state index is 12.6. The number of carbonyl (C=O) groups excluding carboxylic acids is 2. The summed E-state index contributed by atoms with van der Waals surface area (Å²) >= 11 is 5.85. The molecule has 0 spiro atoms. The van der Waals surface area contributed by atoms with E-state index in [9.17, 15) is 9.59 Å². The fourth-order valence-corrected chi connectivity index (χ4v) is 2.95. The van der Waals surface area contributed by atoms with Crippen LogP contribution in [0.3, 0.4) is 0 Å². The van der Waals surface area contributed by atoms with E-state index >= 15 is 0 Å². The molecule has 3 rings (SSSR count). The van der Waals surface area contributed by atoms with Crippen molar-refractivity contribution in [3.63, 3.8) is 0 Å². The molecule has 1 aliphatic heterocycles. The summed E-state index contributed by atoms with van der Waals surface area (Å²) in [6.45, 7) is 1.88. The molecule has 1 unspecified atom stereocenters. The maximum absolute atomic E-state index is 12.6. The average Bonchev–Trinajstić information content (AvgIpc) is 3.03. The van der Waals surface area contributed by atoms with Crippen molar-refractivity contribution in [3.05, 3.63) is 59.1 Å². The average molecular weight is 360 g/mol. The lowest BCUT2D eigenvalue weighted by Gasteiger charge is -2.21. The van der Waals surface area contributed by atoms with E-state index in [1.807, 2.05) is 24.3 Å². The molecule has 0 N–H and O–H groups in total. The number of ether oxygens (including phenoxy) is 2. The smallest absolute Gasteiger partial charge is 0.344 e. The van der Waals surface area contributed by atoms with Crippen molar-refractivity contribution in [2.45, 2.75) is 19.4 Å². The van der Waals surface area contributed by atoms with Crippen molar-refractivity contribution in [3.8, 4) is 5.75 Å². The first-order chi connectivity index (χ1) is 12.0. The standard InChI is InChI=1S/C19H18ClNO4/c1-13(19(23)21-10-9-14-5-2-3-8-17(14)21)25-18(22)12-24-16-7-4-6-15(20)11-16/h2-8,11,13H,9-10,12H2,1H3. The van der Waals surface area contributed by atoms with Gasteiger partial charge in [0.25, 0.3) is 5.91 Å². The molecule has 0 aromatic heterocycles. The van der Waals surface area contributed by atoms with Crippen LogP contribution in [0.1, 0.15) is 12.5 Å². The lowest BCUT2D eigenvalue weighted by molar-refractivity contribution is -0.155. The van der Waals surface area contributed by atoms with Crippen molar-refractivity contribution in [1.82, 2.24) is 0 Å². The third-order valence-corrected chi connectivity index (χ3v) is 4.20. The van der Waals surface area contributed by atoms with Crippen LogP contribution in [-0.2, 0) is 20.7 Å². The number of benzene rings is 2. The molecule has 1 heterocycles. The predicted molar refractivity (Wildman–Crippen MR) is 95.0 cm³/mol. The normalized spacial score (nSPS) is 13.9. The SMILES string of the molecule is CC(OC(=O)COc1cccc(Cl)c1)C(=O)N1CCc2ccccc21. The number of hydrogen-bond donors (Lipinski definition) is 0. The Balaban J connectivity index is 1.54. The van der Waals surface area contributed by atoms with Gasteiger partial charge in [-0.15, -0.1) is 0 Å². The molecule has 0 fully saturated rings. The van der Waals surface area contributed by atoms with E-state index in [-0.39, 0.29) is 12.5 Å². The van der Waals surface area contributed by atoms with Crippen molar-refractivity contribution >= 4 is 29.2 Å². The van der Waals surface area contributed by atoms with E-state index < -0.39 is 12.1 Å². The van der Waals surface area contributed by atoms with Crippen LogP contribution in [0.25, 0.3) is 0 Å². The highest BCUT2D eigenvalue weighted by Crippen LogP contribution is 2.28. The summed E-state index contributed by atoms with van der Waals surface area (Å²) in [5.41, 5.74) is 2.00. The van der Waals surface area contributed by atoms with Crippen LogP contribution in [0, 0.1) is 0 Å². The Morgan fingerprint density at radius 3 is 2.80 bits per heavy atom. The van der Waals surface area contributed by atoms with Gasteiger partial charge in [0, 0.05) is 17.3 Å². The third kappa shape index (κ3) is 4.12. The fraction of sp³-hybridized carbons (Fsp3) is 0.263. The summed E-state index contributed by atoms with van der Waals surface area (Å²) in [7, 11) is 0. The van der Waals surface area contributed by atoms with E-state index in [4.69, 9.17) is 21.1 Å². The number of esters is 1. The molecule has 0 saturated heterocycles. The van der Waals surface area contributed by atoms with E-state index in [1.54, 1.807) is 36.1 Å². The summed E-state index contributed by atoms with van der Waals surface area (Å²) in [6.07, 6.45) is -0.0675. The Morgan fingerprint density at radius 2 is 2.00 bits per heavy atom. The molecular formula is C19H18ClNO4. The molecule has 2 aromatic carbocycles.